The molecule has 26 heavy (non-hydrogen) atoms. The van der Waals surface area contributed by atoms with Crippen LogP contribution in [0.5, 0.6) is 0 Å². The maximum Gasteiger partial charge on any atom is 0.416 e. The van der Waals surface area contributed by atoms with Crippen LogP contribution in [0.25, 0.3) is 0 Å². The van der Waals surface area contributed by atoms with Crippen molar-refractivity contribution in [2.75, 3.05) is 17.6 Å². The second-order valence-corrected chi connectivity index (χ2v) is 7.53. The number of nitrogens with one attached hydrogen (secondary N) is 1. The topological polar surface area (TPSA) is 32.3 Å². The molecule has 1 saturated heterocycles. The molecule has 0 spiro atoms. The molecule has 0 saturated carbocycles. The molecule has 1 aliphatic heterocycles. The molecule has 3 rings (SSSR count). The monoisotopic (exact) mass is 400 g/mol. The van der Waals surface area contributed by atoms with Crippen LogP contribution >= 0.6 is 23.4 Å². The standard InChI is InChI=1S/C18H16ClF3N2OS/c1-11-5-6-14(10-15(11)19)23-17(25)24-7-8-26-16(24)12-3-2-4-13(9-12)18(20,21)22/h2-6,9-10,16H,7-8H2,1H3,(H,23,25)/t16-/m0/s1. The molecular formula is C18H16ClF3N2OS. The van der Waals surface area contributed by atoms with Crippen molar-refractivity contribution >= 4 is 35.1 Å². The summed E-state index contributed by atoms with van der Waals surface area (Å²) < 4.78 is 38.9. The maximum atomic E-state index is 13.0. The van der Waals surface area contributed by atoms with E-state index in [1.165, 1.54) is 22.7 Å². The minimum atomic E-state index is -4.41. The summed E-state index contributed by atoms with van der Waals surface area (Å²) in [4.78, 5) is 14.1. The molecule has 2 aromatic carbocycles. The van der Waals surface area contributed by atoms with Gasteiger partial charge in [-0.2, -0.15) is 13.2 Å². The minimum Gasteiger partial charge on any atom is -0.308 e. The van der Waals surface area contributed by atoms with Crippen LogP contribution in [0.2, 0.25) is 5.02 Å². The van der Waals surface area contributed by atoms with Gasteiger partial charge < -0.3 is 10.2 Å². The van der Waals surface area contributed by atoms with E-state index in [2.05, 4.69) is 5.32 Å². The summed E-state index contributed by atoms with van der Waals surface area (Å²) in [5.41, 5.74) is 1.18. The molecule has 1 N–H and O–H groups in total. The van der Waals surface area contributed by atoms with E-state index < -0.39 is 17.1 Å². The van der Waals surface area contributed by atoms with Crippen molar-refractivity contribution in [3.05, 3.63) is 64.2 Å². The molecule has 1 fully saturated rings. The number of hydrogen-bond donors (Lipinski definition) is 1. The predicted molar refractivity (Wildman–Crippen MR) is 98.6 cm³/mol. The molecule has 0 aromatic heterocycles. The quantitative estimate of drug-likeness (QED) is 0.675. The van der Waals surface area contributed by atoms with Crippen molar-refractivity contribution < 1.29 is 18.0 Å². The van der Waals surface area contributed by atoms with Gasteiger partial charge in [-0.15, -0.1) is 11.8 Å². The van der Waals surface area contributed by atoms with E-state index >= 15 is 0 Å². The third kappa shape index (κ3) is 4.10. The first-order chi connectivity index (χ1) is 12.3. The Morgan fingerprint density at radius 1 is 1.27 bits per heavy atom. The smallest absolute Gasteiger partial charge is 0.308 e. The van der Waals surface area contributed by atoms with Crippen LogP contribution in [0.3, 0.4) is 0 Å². The molecule has 2 amide bonds. The molecule has 0 radical (unpaired) electrons. The number of nitrogens with zero attached hydrogens (tertiary/aromatic N) is 1. The van der Waals surface area contributed by atoms with Gasteiger partial charge in [0.1, 0.15) is 5.37 Å². The molecule has 8 heteroatoms. The Bertz CT molecular complexity index is 828. The average Bonchev–Trinajstić information content (AvgIpc) is 3.07. The zero-order valence-electron chi connectivity index (χ0n) is 13.8. The van der Waals surface area contributed by atoms with E-state index in [4.69, 9.17) is 11.6 Å². The van der Waals surface area contributed by atoms with Gasteiger partial charge in [-0.3, -0.25) is 0 Å². The van der Waals surface area contributed by atoms with Gasteiger partial charge in [0.2, 0.25) is 0 Å². The second kappa shape index (κ2) is 7.40. The van der Waals surface area contributed by atoms with Gasteiger partial charge in [-0.1, -0.05) is 29.8 Å². The summed E-state index contributed by atoms with van der Waals surface area (Å²) in [7, 11) is 0. The fraction of sp³-hybridized carbons (Fsp3) is 0.278. The second-order valence-electron chi connectivity index (χ2n) is 5.93. The molecule has 0 bridgehead atoms. The van der Waals surface area contributed by atoms with Gasteiger partial charge >= 0.3 is 12.2 Å². The maximum absolute atomic E-state index is 13.0. The fourth-order valence-corrected chi connectivity index (χ4v) is 4.11. The fourth-order valence-electron chi connectivity index (χ4n) is 2.69. The number of halogens is 4. The van der Waals surface area contributed by atoms with Crippen molar-refractivity contribution in [2.24, 2.45) is 0 Å². The van der Waals surface area contributed by atoms with Crippen LogP contribution in [0, 0.1) is 6.92 Å². The molecular weight excluding hydrogens is 385 g/mol. The third-order valence-corrected chi connectivity index (χ3v) is 5.74. The lowest BCUT2D eigenvalue weighted by Crippen LogP contribution is -2.34. The number of carbonyl (C=O) groups is 1. The summed E-state index contributed by atoms with van der Waals surface area (Å²) in [5, 5.41) is 2.84. The van der Waals surface area contributed by atoms with E-state index in [0.717, 1.165) is 17.7 Å². The molecule has 3 nitrogen and oxygen atoms in total. The molecule has 1 atom stereocenters. The summed E-state index contributed by atoms with van der Waals surface area (Å²) in [6, 6.07) is 9.93. The zero-order chi connectivity index (χ0) is 18.9. The number of alkyl halides is 3. The number of amides is 2. The highest BCUT2D eigenvalue weighted by atomic mass is 35.5. The van der Waals surface area contributed by atoms with Crippen molar-refractivity contribution in [3.8, 4) is 0 Å². The van der Waals surface area contributed by atoms with Crippen molar-refractivity contribution in [2.45, 2.75) is 18.5 Å². The Labute approximate surface area is 158 Å². The minimum absolute atomic E-state index is 0.364. The first-order valence-electron chi connectivity index (χ1n) is 7.88. The zero-order valence-corrected chi connectivity index (χ0v) is 15.4. The molecule has 0 aliphatic carbocycles. The number of urea groups is 1. The van der Waals surface area contributed by atoms with E-state index in [0.29, 0.717) is 28.6 Å². The van der Waals surface area contributed by atoms with E-state index in [1.807, 2.05) is 6.92 Å². The molecule has 0 unspecified atom stereocenters. The Hall–Kier alpha value is -1.86. The van der Waals surface area contributed by atoms with Crippen LogP contribution < -0.4 is 5.32 Å². The van der Waals surface area contributed by atoms with E-state index in [-0.39, 0.29) is 6.03 Å². The SMILES string of the molecule is Cc1ccc(NC(=O)N2CCS[C@H]2c2cccc(C(F)(F)F)c2)cc1Cl. The highest BCUT2D eigenvalue weighted by Gasteiger charge is 2.34. The Balaban J connectivity index is 1.79. The Morgan fingerprint density at radius 3 is 2.73 bits per heavy atom. The summed E-state index contributed by atoms with van der Waals surface area (Å²) >= 11 is 7.51. The van der Waals surface area contributed by atoms with Crippen LogP contribution in [-0.4, -0.2) is 23.2 Å². The van der Waals surface area contributed by atoms with Gasteiger partial charge in [-0.25, -0.2) is 4.79 Å². The Morgan fingerprint density at radius 2 is 2.04 bits per heavy atom. The summed E-state index contributed by atoms with van der Waals surface area (Å²) in [6.07, 6.45) is -4.41. The number of benzene rings is 2. The van der Waals surface area contributed by atoms with Gasteiger partial charge in [0.25, 0.3) is 0 Å². The van der Waals surface area contributed by atoms with Crippen LogP contribution in [-0.2, 0) is 6.18 Å². The lowest BCUT2D eigenvalue weighted by atomic mass is 10.1. The molecule has 1 aliphatic rings. The number of aryl methyl sites for hydroxylation is 1. The van der Waals surface area contributed by atoms with E-state index in [1.54, 1.807) is 24.3 Å². The third-order valence-electron chi connectivity index (χ3n) is 4.07. The van der Waals surface area contributed by atoms with Crippen LogP contribution in [0.1, 0.15) is 22.1 Å². The average molecular weight is 401 g/mol. The lowest BCUT2D eigenvalue weighted by molar-refractivity contribution is -0.137. The van der Waals surface area contributed by atoms with Crippen molar-refractivity contribution in [3.63, 3.8) is 0 Å². The lowest BCUT2D eigenvalue weighted by Gasteiger charge is -2.25. The number of anilines is 1. The van der Waals surface area contributed by atoms with Gasteiger partial charge in [0.05, 0.1) is 5.56 Å². The predicted octanol–water partition coefficient (Wildman–Crippen LogP) is 5.95. The number of thioether (sulfide) groups is 1. The highest BCUT2D eigenvalue weighted by molar-refractivity contribution is 7.99. The number of hydrogen-bond acceptors (Lipinski definition) is 2. The summed E-state index contributed by atoms with van der Waals surface area (Å²) in [6.45, 7) is 2.31. The number of carbonyl (C=O) groups excluding carboxylic acids is 1. The normalized spacial score (nSPS) is 17.4. The molecule has 1 heterocycles. The van der Waals surface area contributed by atoms with Crippen molar-refractivity contribution in [1.82, 2.24) is 4.90 Å². The Kier molecular flexibility index (Phi) is 5.39. The van der Waals surface area contributed by atoms with Gasteiger partial charge in [0, 0.05) is 23.0 Å². The molecule has 138 valence electrons. The van der Waals surface area contributed by atoms with Crippen LogP contribution in [0.15, 0.2) is 42.5 Å². The summed E-state index contributed by atoms with van der Waals surface area (Å²) in [5.74, 6) is 0.656. The largest absolute Gasteiger partial charge is 0.416 e. The van der Waals surface area contributed by atoms with Crippen molar-refractivity contribution in [1.29, 1.82) is 0 Å². The first kappa shape index (κ1) is 18.9. The van der Waals surface area contributed by atoms with Gasteiger partial charge in [0.15, 0.2) is 0 Å². The highest BCUT2D eigenvalue weighted by Crippen LogP contribution is 2.40. The molecule has 2 aromatic rings. The van der Waals surface area contributed by atoms with Gasteiger partial charge in [-0.05, 0) is 42.3 Å². The first-order valence-corrected chi connectivity index (χ1v) is 9.31. The van der Waals surface area contributed by atoms with Crippen LogP contribution in [0.4, 0.5) is 23.7 Å². The number of rotatable bonds is 2. The van der Waals surface area contributed by atoms with E-state index in [9.17, 15) is 18.0 Å².